The van der Waals surface area contributed by atoms with E-state index in [4.69, 9.17) is 14.7 Å². The molecule has 9 heteroatoms. The van der Waals surface area contributed by atoms with Gasteiger partial charge in [0.25, 0.3) is 0 Å². The molecule has 0 aliphatic carbocycles. The molecule has 0 spiro atoms. The van der Waals surface area contributed by atoms with Crippen LogP contribution in [-0.4, -0.2) is 41.0 Å². The third kappa shape index (κ3) is 3.19. The maximum absolute atomic E-state index is 12.6. The SMILES string of the molecule is CCCc1nc(-n2ncc3c(C)nc(-c4cnccc4OC)cc32)cc2c1n(C)c(=O)n2C. The topological polar surface area (TPSA) is 92.7 Å². The Labute approximate surface area is 190 Å². The molecule has 0 aromatic carbocycles. The molecule has 0 aliphatic heterocycles. The van der Waals surface area contributed by atoms with E-state index in [0.29, 0.717) is 11.6 Å². The van der Waals surface area contributed by atoms with E-state index in [2.05, 4.69) is 17.0 Å². The number of pyridine rings is 3. The van der Waals surface area contributed by atoms with Crippen molar-refractivity contribution in [3.8, 4) is 22.8 Å². The van der Waals surface area contributed by atoms with Crippen molar-refractivity contribution >= 4 is 21.9 Å². The summed E-state index contributed by atoms with van der Waals surface area (Å²) in [6, 6.07) is 5.71. The minimum absolute atomic E-state index is 0.0716. The predicted molar refractivity (Wildman–Crippen MR) is 127 cm³/mol. The van der Waals surface area contributed by atoms with Crippen LogP contribution in [0.3, 0.4) is 0 Å². The van der Waals surface area contributed by atoms with Crippen molar-refractivity contribution in [2.24, 2.45) is 14.1 Å². The zero-order chi connectivity index (χ0) is 23.3. The van der Waals surface area contributed by atoms with E-state index in [1.165, 1.54) is 0 Å². The van der Waals surface area contributed by atoms with Gasteiger partial charge in [-0.15, -0.1) is 0 Å². The highest BCUT2D eigenvalue weighted by molar-refractivity contribution is 5.87. The molecule has 0 aliphatic rings. The van der Waals surface area contributed by atoms with Gasteiger partial charge in [-0.2, -0.15) is 5.10 Å². The van der Waals surface area contributed by atoms with Gasteiger partial charge < -0.3 is 4.74 Å². The molecule has 0 saturated carbocycles. The molecule has 0 amide bonds. The lowest BCUT2D eigenvalue weighted by Crippen LogP contribution is -2.19. The number of imidazole rings is 1. The van der Waals surface area contributed by atoms with Crippen LogP contribution in [0.15, 0.2) is 41.6 Å². The van der Waals surface area contributed by atoms with E-state index in [9.17, 15) is 4.79 Å². The first-order valence-corrected chi connectivity index (χ1v) is 10.8. The number of fused-ring (bicyclic) bond motifs is 2. The van der Waals surface area contributed by atoms with Crippen molar-refractivity contribution in [2.45, 2.75) is 26.7 Å². The normalized spacial score (nSPS) is 11.5. The fraction of sp³-hybridized carbons (Fsp3) is 0.292. The number of nitrogens with zero attached hydrogens (tertiary/aromatic N) is 7. The first-order valence-electron chi connectivity index (χ1n) is 10.8. The number of aryl methyl sites for hydroxylation is 4. The zero-order valence-corrected chi connectivity index (χ0v) is 19.3. The quantitative estimate of drug-likeness (QED) is 0.414. The van der Waals surface area contributed by atoms with Crippen LogP contribution in [0.4, 0.5) is 0 Å². The summed E-state index contributed by atoms with van der Waals surface area (Å²) in [6.07, 6.45) is 6.92. The molecular weight excluding hydrogens is 418 g/mol. The summed E-state index contributed by atoms with van der Waals surface area (Å²) in [6.45, 7) is 4.06. The molecule has 5 aromatic heterocycles. The highest BCUT2D eigenvalue weighted by Gasteiger charge is 2.19. The Kier molecular flexibility index (Phi) is 4.96. The second kappa shape index (κ2) is 7.84. The number of hydrogen-bond donors (Lipinski definition) is 0. The summed E-state index contributed by atoms with van der Waals surface area (Å²) in [5, 5.41) is 5.58. The molecular formula is C24H25N7O2. The van der Waals surface area contributed by atoms with Crippen LogP contribution in [0.25, 0.3) is 39.0 Å². The molecule has 168 valence electrons. The van der Waals surface area contributed by atoms with Gasteiger partial charge in [-0.3, -0.25) is 19.1 Å². The van der Waals surface area contributed by atoms with Crippen molar-refractivity contribution in [3.05, 3.63) is 58.7 Å². The number of hydrogen-bond acceptors (Lipinski definition) is 6. The summed E-state index contributed by atoms with van der Waals surface area (Å²) >= 11 is 0. The minimum Gasteiger partial charge on any atom is -0.496 e. The van der Waals surface area contributed by atoms with Gasteiger partial charge in [-0.1, -0.05) is 13.3 Å². The lowest BCUT2D eigenvalue weighted by Gasteiger charge is -2.11. The van der Waals surface area contributed by atoms with Crippen molar-refractivity contribution < 1.29 is 4.74 Å². The average Bonchev–Trinajstić information content (AvgIpc) is 3.35. The molecule has 0 saturated heterocycles. The molecule has 0 bridgehead atoms. The Bertz CT molecular complexity index is 1580. The summed E-state index contributed by atoms with van der Waals surface area (Å²) in [5.74, 6) is 1.36. The van der Waals surface area contributed by atoms with Gasteiger partial charge in [0.05, 0.1) is 46.8 Å². The smallest absolute Gasteiger partial charge is 0.328 e. The lowest BCUT2D eigenvalue weighted by molar-refractivity contribution is 0.416. The van der Waals surface area contributed by atoms with Crippen molar-refractivity contribution in [1.29, 1.82) is 0 Å². The van der Waals surface area contributed by atoms with Gasteiger partial charge >= 0.3 is 5.69 Å². The zero-order valence-electron chi connectivity index (χ0n) is 19.3. The monoisotopic (exact) mass is 443 g/mol. The van der Waals surface area contributed by atoms with E-state index in [1.54, 1.807) is 48.9 Å². The highest BCUT2D eigenvalue weighted by atomic mass is 16.5. The molecule has 5 heterocycles. The van der Waals surface area contributed by atoms with Crippen molar-refractivity contribution in [1.82, 2.24) is 33.9 Å². The van der Waals surface area contributed by atoms with Gasteiger partial charge in [0, 0.05) is 43.6 Å². The summed E-state index contributed by atoms with van der Waals surface area (Å²) in [4.78, 5) is 26.6. The Hall–Kier alpha value is -4.01. The molecule has 5 rings (SSSR count). The van der Waals surface area contributed by atoms with Gasteiger partial charge in [-0.25, -0.2) is 14.5 Å². The Morgan fingerprint density at radius 1 is 1.06 bits per heavy atom. The first kappa shape index (κ1) is 20.9. The molecule has 0 unspecified atom stereocenters. The first-order chi connectivity index (χ1) is 15.9. The van der Waals surface area contributed by atoms with Crippen molar-refractivity contribution in [3.63, 3.8) is 0 Å². The maximum Gasteiger partial charge on any atom is 0.328 e. The van der Waals surface area contributed by atoms with Gasteiger partial charge in [0.15, 0.2) is 5.82 Å². The fourth-order valence-electron chi connectivity index (χ4n) is 4.38. The standard InChI is InChI=1S/C24H25N7O2/c1-6-7-17-23-20(29(3)24(32)30(23)4)11-22(28-17)31-19-10-18(27-14(2)15(19)13-26-31)16-12-25-9-8-21(16)33-5/h8-13H,6-7H2,1-5H3. The highest BCUT2D eigenvalue weighted by Crippen LogP contribution is 2.31. The number of aromatic nitrogens is 7. The van der Waals surface area contributed by atoms with Crippen LogP contribution < -0.4 is 10.4 Å². The minimum atomic E-state index is -0.0716. The maximum atomic E-state index is 12.6. The van der Waals surface area contributed by atoms with Gasteiger partial charge in [-0.05, 0) is 25.5 Å². The summed E-state index contributed by atoms with van der Waals surface area (Å²) in [7, 11) is 5.20. The van der Waals surface area contributed by atoms with Gasteiger partial charge in [0.1, 0.15) is 5.75 Å². The van der Waals surface area contributed by atoms with E-state index < -0.39 is 0 Å². The second-order valence-electron chi connectivity index (χ2n) is 8.10. The summed E-state index contributed by atoms with van der Waals surface area (Å²) in [5.41, 5.74) is 5.78. The Morgan fingerprint density at radius 2 is 1.88 bits per heavy atom. The molecule has 0 fully saturated rings. The van der Waals surface area contributed by atoms with Crippen LogP contribution in [0.5, 0.6) is 5.75 Å². The van der Waals surface area contributed by atoms with Crippen LogP contribution in [-0.2, 0) is 20.5 Å². The molecule has 33 heavy (non-hydrogen) atoms. The summed E-state index contributed by atoms with van der Waals surface area (Å²) < 4.78 is 10.7. The number of methoxy groups -OCH3 is 1. The van der Waals surface area contributed by atoms with E-state index >= 15 is 0 Å². The van der Waals surface area contributed by atoms with Crippen LogP contribution >= 0.6 is 0 Å². The average molecular weight is 444 g/mol. The molecule has 0 radical (unpaired) electrons. The molecule has 9 nitrogen and oxygen atoms in total. The molecule has 5 aromatic rings. The van der Waals surface area contributed by atoms with Crippen molar-refractivity contribution in [2.75, 3.05) is 7.11 Å². The third-order valence-corrected chi connectivity index (χ3v) is 6.04. The third-order valence-electron chi connectivity index (χ3n) is 6.04. The number of rotatable bonds is 5. The Morgan fingerprint density at radius 3 is 2.64 bits per heavy atom. The fourth-order valence-corrected chi connectivity index (χ4v) is 4.38. The van der Waals surface area contributed by atoms with E-state index in [0.717, 1.165) is 57.4 Å². The molecule has 0 atom stereocenters. The molecule has 0 N–H and O–H groups in total. The lowest BCUT2D eigenvalue weighted by atomic mass is 10.1. The van der Waals surface area contributed by atoms with Crippen LogP contribution in [0, 0.1) is 6.92 Å². The second-order valence-corrected chi connectivity index (χ2v) is 8.10. The van der Waals surface area contributed by atoms with E-state index in [-0.39, 0.29) is 5.69 Å². The predicted octanol–water partition coefficient (Wildman–Crippen LogP) is 3.34. The van der Waals surface area contributed by atoms with E-state index in [1.807, 2.05) is 29.8 Å². The largest absolute Gasteiger partial charge is 0.496 e. The number of ether oxygens (including phenoxy) is 1. The van der Waals surface area contributed by atoms with Crippen LogP contribution in [0.2, 0.25) is 0 Å². The van der Waals surface area contributed by atoms with Gasteiger partial charge in [0.2, 0.25) is 0 Å². The van der Waals surface area contributed by atoms with Crippen LogP contribution in [0.1, 0.15) is 24.7 Å². The Balaban J connectivity index is 1.78.